The zero-order valence-electron chi connectivity index (χ0n) is 17.5. The van der Waals surface area contributed by atoms with Crippen molar-refractivity contribution in [2.45, 2.75) is 38.1 Å². The first-order valence-corrected chi connectivity index (χ1v) is 10.4. The summed E-state index contributed by atoms with van der Waals surface area (Å²) >= 11 is 0. The number of aryl methyl sites for hydroxylation is 2. The molecule has 0 bridgehead atoms. The first-order chi connectivity index (χ1) is 15.0. The second-order valence-corrected chi connectivity index (χ2v) is 8.33. The molecule has 0 unspecified atom stereocenters. The van der Waals surface area contributed by atoms with E-state index >= 15 is 0 Å². The number of hydrogen-bond donors (Lipinski definition) is 0. The summed E-state index contributed by atoms with van der Waals surface area (Å²) in [7, 11) is 3.63. The van der Waals surface area contributed by atoms with E-state index in [1.807, 2.05) is 23.9 Å². The van der Waals surface area contributed by atoms with Gasteiger partial charge in [-0.25, -0.2) is 4.79 Å². The molecule has 1 aliphatic rings. The maximum atomic E-state index is 12.8. The Hall–Kier alpha value is -3.67. The molecule has 3 aromatic heterocycles. The van der Waals surface area contributed by atoms with E-state index in [4.69, 9.17) is 4.42 Å². The Bertz CT molecular complexity index is 1340. The first-order valence-electron chi connectivity index (χ1n) is 10.4. The van der Waals surface area contributed by atoms with Crippen LogP contribution in [0.4, 0.5) is 0 Å². The topological polar surface area (TPSA) is 107 Å². The minimum absolute atomic E-state index is 0.0368. The fraction of sp³-hybridized carbons (Fsp3) is 0.409. The highest BCUT2D eigenvalue weighted by Gasteiger charge is 2.28. The molecule has 4 aromatic rings. The number of hydrogen-bond acceptors (Lipinski definition) is 6. The van der Waals surface area contributed by atoms with Crippen LogP contribution in [0.1, 0.15) is 43.1 Å². The van der Waals surface area contributed by atoms with Crippen LogP contribution in [0.2, 0.25) is 0 Å². The van der Waals surface area contributed by atoms with E-state index in [0.29, 0.717) is 29.8 Å². The molecule has 158 valence electrons. The molecule has 0 aliphatic heterocycles. The van der Waals surface area contributed by atoms with Gasteiger partial charge in [0.1, 0.15) is 0 Å². The van der Waals surface area contributed by atoms with Gasteiger partial charge in [-0.3, -0.25) is 13.8 Å². The fourth-order valence-corrected chi connectivity index (χ4v) is 4.55. The molecule has 0 atom stereocenters. The van der Waals surface area contributed by atoms with Crippen molar-refractivity contribution in [2.24, 2.45) is 20.0 Å². The highest BCUT2D eigenvalue weighted by molar-refractivity contribution is 5.77. The average molecular weight is 417 g/mol. The van der Waals surface area contributed by atoms with E-state index in [0.717, 1.165) is 42.3 Å². The standard InChI is InChI=1S/C22H23N7O2/c1-27-13-17(11-24-27)21-26-25-20(31-21)16-6-3-14(4-7-16)12-29-19-9-15(10-23)5-8-18(19)28(2)22(29)30/h5,8-9,11,13-14,16H,3-4,6-7,12H2,1-2H3/t14-,16-. The van der Waals surface area contributed by atoms with Gasteiger partial charge in [0.2, 0.25) is 5.89 Å². The van der Waals surface area contributed by atoms with Crippen LogP contribution >= 0.6 is 0 Å². The zero-order valence-corrected chi connectivity index (χ0v) is 17.5. The molecule has 9 heteroatoms. The Morgan fingerprint density at radius 1 is 1.16 bits per heavy atom. The van der Waals surface area contributed by atoms with Crippen LogP contribution in [0.3, 0.4) is 0 Å². The van der Waals surface area contributed by atoms with Gasteiger partial charge in [0.05, 0.1) is 34.4 Å². The lowest BCUT2D eigenvalue weighted by Gasteiger charge is -2.26. The van der Waals surface area contributed by atoms with Crippen LogP contribution in [0.15, 0.2) is 39.8 Å². The summed E-state index contributed by atoms with van der Waals surface area (Å²) in [5.41, 5.74) is 3.03. The number of aromatic nitrogens is 6. The Kier molecular flexibility index (Phi) is 4.70. The summed E-state index contributed by atoms with van der Waals surface area (Å²) in [5, 5.41) is 21.8. The molecule has 0 N–H and O–H groups in total. The lowest BCUT2D eigenvalue weighted by Crippen LogP contribution is -2.27. The van der Waals surface area contributed by atoms with Crippen molar-refractivity contribution in [3.63, 3.8) is 0 Å². The molecule has 9 nitrogen and oxygen atoms in total. The maximum Gasteiger partial charge on any atom is 0.328 e. The highest BCUT2D eigenvalue weighted by Crippen LogP contribution is 2.36. The smallest absolute Gasteiger partial charge is 0.328 e. The molecule has 1 aromatic carbocycles. The first kappa shape index (κ1) is 19.3. The summed E-state index contributed by atoms with van der Waals surface area (Å²) < 4.78 is 11.1. The molecule has 0 amide bonds. The number of nitriles is 1. The molecule has 31 heavy (non-hydrogen) atoms. The van der Waals surface area contributed by atoms with Crippen molar-refractivity contribution in [1.82, 2.24) is 29.1 Å². The lowest BCUT2D eigenvalue weighted by molar-refractivity contribution is 0.270. The highest BCUT2D eigenvalue weighted by atomic mass is 16.4. The molecule has 0 radical (unpaired) electrons. The molecule has 3 heterocycles. The van der Waals surface area contributed by atoms with Gasteiger partial charge in [0.25, 0.3) is 5.89 Å². The van der Waals surface area contributed by atoms with E-state index in [2.05, 4.69) is 21.4 Å². The van der Waals surface area contributed by atoms with Crippen LogP contribution < -0.4 is 5.69 Å². The number of imidazole rings is 1. The van der Waals surface area contributed by atoms with Crippen LogP contribution in [0.25, 0.3) is 22.5 Å². The Morgan fingerprint density at radius 3 is 2.68 bits per heavy atom. The molecule has 5 rings (SSSR count). The molecular weight excluding hydrogens is 394 g/mol. The van der Waals surface area contributed by atoms with E-state index < -0.39 is 0 Å². The number of benzene rings is 1. The number of fused-ring (bicyclic) bond motifs is 1. The monoisotopic (exact) mass is 417 g/mol. The number of rotatable bonds is 4. The van der Waals surface area contributed by atoms with Gasteiger partial charge in [-0.2, -0.15) is 10.4 Å². The molecule has 0 spiro atoms. The molecule has 1 fully saturated rings. The van der Waals surface area contributed by atoms with E-state index in [9.17, 15) is 10.1 Å². The van der Waals surface area contributed by atoms with Crippen molar-refractivity contribution >= 4 is 11.0 Å². The van der Waals surface area contributed by atoms with E-state index in [1.54, 1.807) is 34.6 Å². The predicted molar refractivity (Wildman–Crippen MR) is 113 cm³/mol. The summed E-state index contributed by atoms with van der Waals surface area (Å²) in [6.45, 7) is 0.655. The van der Waals surface area contributed by atoms with Crippen molar-refractivity contribution in [1.29, 1.82) is 5.26 Å². The average Bonchev–Trinajstić information content (AvgIpc) is 3.50. The summed E-state index contributed by atoms with van der Waals surface area (Å²) in [6.07, 6.45) is 7.43. The normalized spacial score (nSPS) is 19.0. The van der Waals surface area contributed by atoms with Crippen LogP contribution in [0, 0.1) is 17.2 Å². The van der Waals surface area contributed by atoms with Gasteiger partial charge in [0.15, 0.2) is 0 Å². The fourth-order valence-electron chi connectivity index (χ4n) is 4.55. The summed E-state index contributed by atoms with van der Waals surface area (Å²) in [4.78, 5) is 12.8. The van der Waals surface area contributed by atoms with E-state index in [-0.39, 0.29) is 11.6 Å². The van der Waals surface area contributed by atoms with Crippen molar-refractivity contribution < 1.29 is 4.42 Å². The van der Waals surface area contributed by atoms with Crippen molar-refractivity contribution in [3.05, 3.63) is 52.5 Å². The molecule has 1 aliphatic carbocycles. The Morgan fingerprint density at radius 2 is 1.97 bits per heavy atom. The number of nitrogens with zero attached hydrogens (tertiary/aromatic N) is 7. The summed E-state index contributed by atoms with van der Waals surface area (Å²) in [6, 6.07) is 7.57. The second-order valence-electron chi connectivity index (χ2n) is 8.33. The minimum atomic E-state index is -0.0368. The zero-order chi connectivity index (χ0) is 21.5. The van der Waals surface area contributed by atoms with Gasteiger partial charge in [-0.1, -0.05) is 0 Å². The minimum Gasteiger partial charge on any atom is -0.420 e. The van der Waals surface area contributed by atoms with Gasteiger partial charge in [-0.15, -0.1) is 10.2 Å². The third-order valence-electron chi connectivity index (χ3n) is 6.30. The molecule has 1 saturated carbocycles. The van der Waals surface area contributed by atoms with Gasteiger partial charge in [0, 0.05) is 32.8 Å². The third-order valence-corrected chi connectivity index (χ3v) is 6.30. The second kappa shape index (κ2) is 7.54. The lowest BCUT2D eigenvalue weighted by atomic mass is 9.82. The van der Waals surface area contributed by atoms with Gasteiger partial charge in [-0.05, 0) is 49.8 Å². The largest absolute Gasteiger partial charge is 0.420 e. The van der Waals surface area contributed by atoms with Crippen molar-refractivity contribution in [2.75, 3.05) is 0 Å². The quantitative estimate of drug-likeness (QED) is 0.505. The molecular formula is C22H23N7O2. The van der Waals surface area contributed by atoms with Crippen LogP contribution in [0.5, 0.6) is 0 Å². The van der Waals surface area contributed by atoms with E-state index in [1.165, 1.54) is 0 Å². The van der Waals surface area contributed by atoms with Crippen LogP contribution in [-0.2, 0) is 20.6 Å². The SMILES string of the molecule is Cn1cc(-c2nnc([C@H]3CC[C@H](Cn4c(=O)n(C)c5ccc(C#N)cc54)CC3)o2)cn1. The van der Waals surface area contributed by atoms with Gasteiger partial charge >= 0.3 is 5.69 Å². The van der Waals surface area contributed by atoms with Gasteiger partial charge < -0.3 is 4.42 Å². The predicted octanol–water partition coefficient (Wildman–Crippen LogP) is 2.97. The Balaban J connectivity index is 1.30. The maximum absolute atomic E-state index is 12.8. The Labute approximate surface area is 178 Å². The van der Waals surface area contributed by atoms with Crippen LogP contribution in [-0.4, -0.2) is 29.1 Å². The summed E-state index contributed by atoms with van der Waals surface area (Å²) in [5.74, 6) is 1.81. The third kappa shape index (κ3) is 3.44. The molecule has 0 saturated heterocycles. The van der Waals surface area contributed by atoms with Crippen molar-refractivity contribution in [3.8, 4) is 17.5 Å².